The van der Waals surface area contributed by atoms with Crippen LogP contribution in [-0.2, 0) is 0 Å². The first-order valence-corrected chi connectivity index (χ1v) is 7.68. The van der Waals surface area contributed by atoms with Crippen molar-refractivity contribution in [3.05, 3.63) is 47.5 Å². The number of hydrogen-bond acceptors (Lipinski definition) is 4. The van der Waals surface area contributed by atoms with Crippen LogP contribution in [-0.4, -0.2) is 20.6 Å². The van der Waals surface area contributed by atoms with Gasteiger partial charge < -0.3 is 9.72 Å². The van der Waals surface area contributed by atoms with Crippen LogP contribution in [0.15, 0.2) is 52.4 Å². The Labute approximate surface area is 123 Å². The number of nitrogens with one attached hydrogen (secondary N) is 1. The second-order valence-electron chi connectivity index (χ2n) is 3.92. The largest absolute Gasteiger partial charge is 0.337 e. The number of nitrogens with zero attached hydrogens (tertiary/aromatic N) is 3. The number of rotatable bonds is 3. The molecule has 0 aliphatic heterocycles. The van der Waals surface area contributed by atoms with Gasteiger partial charge in [0, 0.05) is 29.2 Å². The Balaban J connectivity index is 1.97. The van der Waals surface area contributed by atoms with Gasteiger partial charge in [-0.1, -0.05) is 0 Å². The maximum atomic E-state index is 4.43. The molecule has 19 heavy (non-hydrogen) atoms. The number of imidazole rings is 1. The molecule has 2 heterocycles. The third-order valence-corrected chi connectivity index (χ3v) is 3.82. The van der Waals surface area contributed by atoms with Crippen LogP contribution in [0.25, 0.3) is 5.65 Å². The molecule has 0 saturated carbocycles. The second kappa shape index (κ2) is 5.22. The lowest BCUT2D eigenvalue weighted by Gasteiger charge is -2.08. The minimum absolute atomic E-state index is 0.733. The highest BCUT2D eigenvalue weighted by Gasteiger charge is 2.06. The summed E-state index contributed by atoms with van der Waals surface area (Å²) in [6.07, 6.45) is 7.59. The molecule has 1 N–H and O–H groups in total. The number of aromatic nitrogens is 3. The van der Waals surface area contributed by atoms with Crippen molar-refractivity contribution in [3.63, 3.8) is 0 Å². The molecular weight excluding hydrogens is 324 g/mol. The Kier molecular flexibility index (Phi) is 3.44. The lowest BCUT2D eigenvalue weighted by molar-refractivity contribution is 1.10. The molecule has 0 atom stereocenters. The van der Waals surface area contributed by atoms with Gasteiger partial charge in [-0.05, 0) is 46.5 Å². The fourth-order valence-electron chi connectivity index (χ4n) is 1.80. The van der Waals surface area contributed by atoms with Gasteiger partial charge in [-0.3, -0.25) is 0 Å². The standard InChI is InChI=1S/C13H11BrN4S/c1-19-10-4-2-9(3-5-10)16-12-13-15-6-7-18(13)8-11(14)17-12/h2-8H,1H3,(H,16,17). The van der Waals surface area contributed by atoms with Crippen LogP contribution in [0.1, 0.15) is 0 Å². The Bertz CT molecular complexity index is 708. The van der Waals surface area contributed by atoms with Crippen LogP contribution in [0.2, 0.25) is 0 Å². The van der Waals surface area contributed by atoms with Crippen molar-refractivity contribution in [2.45, 2.75) is 4.90 Å². The van der Waals surface area contributed by atoms with E-state index < -0.39 is 0 Å². The molecule has 1 aromatic carbocycles. The van der Waals surface area contributed by atoms with Crippen molar-refractivity contribution in [2.75, 3.05) is 11.6 Å². The van der Waals surface area contributed by atoms with Crippen molar-refractivity contribution < 1.29 is 0 Å². The maximum absolute atomic E-state index is 4.43. The molecule has 2 aromatic heterocycles. The Morgan fingerprint density at radius 3 is 2.79 bits per heavy atom. The summed E-state index contributed by atoms with van der Waals surface area (Å²) in [5.41, 5.74) is 1.80. The third kappa shape index (κ3) is 2.59. The van der Waals surface area contributed by atoms with E-state index in [4.69, 9.17) is 0 Å². The van der Waals surface area contributed by atoms with Crippen molar-refractivity contribution >= 4 is 44.8 Å². The number of halogens is 1. The second-order valence-corrected chi connectivity index (χ2v) is 5.62. The zero-order valence-corrected chi connectivity index (χ0v) is 12.6. The van der Waals surface area contributed by atoms with Crippen LogP contribution >= 0.6 is 27.7 Å². The van der Waals surface area contributed by atoms with Gasteiger partial charge in [-0.25, -0.2) is 9.97 Å². The molecule has 0 unspecified atom stereocenters. The molecule has 0 aliphatic rings. The molecule has 0 radical (unpaired) electrons. The zero-order valence-electron chi connectivity index (χ0n) is 10.2. The van der Waals surface area contributed by atoms with E-state index in [2.05, 4.69) is 49.6 Å². The fourth-order valence-corrected chi connectivity index (χ4v) is 2.60. The van der Waals surface area contributed by atoms with Crippen LogP contribution in [0.5, 0.6) is 0 Å². The number of thioether (sulfide) groups is 1. The topological polar surface area (TPSA) is 42.2 Å². The minimum Gasteiger partial charge on any atom is -0.337 e. The number of benzene rings is 1. The van der Waals surface area contributed by atoms with Crippen molar-refractivity contribution in [1.82, 2.24) is 14.4 Å². The van der Waals surface area contributed by atoms with E-state index in [1.807, 2.05) is 28.9 Å². The minimum atomic E-state index is 0.733. The molecule has 0 aliphatic carbocycles. The Morgan fingerprint density at radius 2 is 2.05 bits per heavy atom. The van der Waals surface area contributed by atoms with Gasteiger partial charge in [0.05, 0.1) is 0 Å². The van der Waals surface area contributed by atoms with Gasteiger partial charge in [-0.2, -0.15) is 0 Å². The highest BCUT2D eigenvalue weighted by Crippen LogP contribution is 2.23. The molecule has 3 aromatic rings. The molecular formula is C13H11BrN4S. The molecule has 0 bridgehead atoms. The first kappa shape index (κ1) is 12.5. The maximum Gasteiger partial charge on any atom is 0.180 e. The van der Waals surface area contributed by atoms with Gasteiger partial charge in [0.1, 0.15) is 4.60 Å². The SMILES string of the molecule is CSc1ccc(Nc2nc(Br)cn3ccnc23)cc1. The van der Waals surface area contributed by atoms with Gasteiger partial charge >= 0.3 is 0 Å². The van der Waals surface area contributed by atoms with Crippen LogP contribution < -0.4 is 5.32 Å². The van der Waals surface area contributed by atoms with E-state index in [0.29, 0.717) is 0 Å². The van der Waals surface area contributed by atoms with Gasteiger partial charge in [0.2, 0.25) is 0 Å². The van der Waals surface area contributed by atoms with E-state index in [1.54, 1.807) is 18.0 Å². The summed E-state index contributed by atoms with van der Waals surface area (Å²) in [4.78, 5) is 9.97. The molecule has 0 saturated heterocycles. The lowest BCUT2D eigenvalue weighted by Crippen LogP contribution is -1.98. The fraction of sp³-hybridized carbons (Fsp3) is 0.0769. The molecule has 0 fully saturated rings. The van der Waals surface area contributed by atoms with Gasteiger partial charge in [0.15, 0.2) is 11.5 Å². The molecule has 3 rings (SSSR count). The predicted octanol–water partition coefficient (Wildman–Crippen LogP) is 3.96. The quantitative estimate of drug-likeness (QED) is 0.736. The van der Waals surface area contributed by atoms with Crippen molar-refractivity contribution in [3.8, 4) is 0 Å². The average molecular weight is 335 g/mol. The normalized spacial score (nSPS) is 10.8. The first-order valence-electron chi connectivity index (χ1n) is 5.66. The highest BCUT2D eigenvalue weighted by atomic mass is 79.9. The van der Waals surface area contributed by atoms with E-state index >= 15 is 0 Å². The summed E-state index contributed by atoms with van der Waals surface area (Å²) in [6.45, 7) is 0. The molecule has 0 amide bonds. The van der Waals surface area contributed by atoms with Crippen molar-refractivity contribution in [1.29, 1.82) is 0 Å². The molecule has 6 heteroatoms. The summed E-state index contributed by atoms with van der Waals surface area (Å²) < 4.78 is 2.69. The summed E-state index contributed by atoms with van der Waals surface area (Å²) >= 11 is 5.12. The van der Waals surface area contributed by atoms with Gasteiger partial charge in [0.25, 0.3) is 0 Å². The molecule has 96 valence electrons. The van der Waals surface area contributed by atoms with E-state index in [9.17, 15) is 0 Å². The predicted molar refractivity (Wildman–Crippen MR) is 82.2 cm³/mol. The Hall–Kier alpha value is -1.53. The first-order chi connectivity index (χ1) is 9.26. The summed E-state index contributed by atoms with van der Waals surface area (Å²) in [5.74, 6) is 0.733. The molecule has 4 nitrogen and oxygen atoms in total. The monoisotopic (exact) mass is 334 g/mol. The van der Waals surface area contributed by atoms with Gasteiger partial charge in [-0.15, -0.1) is 11.8 Å². The third-order valence-electron chi connectivity index (χ3n) is 2.70. The van der Waals surface area contributed by atoms with Crippen LogP contribution in [0.4, 0.5) is 11.5 Å². The van der Waals surface area contributed by atoms with Crippen LogP contribution in [0, 0.1) is 0 Å². The van der Waals surface area contributed by atoms with E-state index in [-0.39, 0.29) is 0 Å². The number of anilines is 2. The summed E-state index contributed by atoms with van der Waals surface area (Å²) in [6, 6.07) is 8.23. The summed E-state index contributed by atoms with van der Waals surface area (Å²) in [7, 11) is 0. The van der Waals surface area contributed by atoms with Crippen molar-refractivity contribution in [2.24, 2.45) is 0 Å². The smallest absolute Gasteiger partial charge is 0.180 e. The number of hydrogen-bond donors (Lipinski definition) is 1. The Morgan fingerprint density at radius 1 is 1.26 bits per heavy atom. The van der Waals surface area contributed by atoms with E-state index in [1.165, 1.54) is 4.90 Å². The summed E-state index contributed by atoms with van der Waals surface area (Å²) in [5, 5.41) is 3.29. The lowest BCUT2D eigenvalue weighted by atomic mass is 10.3. The zero-order chi connectivity index (χ0) is 13.2. The molecule has 0 spiro atoms. The average Bonchev–Trinajstić information content (AvgIpc) is 2.88. The van der Waals surface area contributed by atoms with Crippen LogP contribution in [0.3, 0.4) is 0 Å². The highest BCUT2D eigenvalue weighted by molar-refractivity contribution is 9.10. The van der Waals surface area contributed by atoms with E-state index in [0.717, 1.165) is 21.8 Å². The number of fused-ring (bicyclic) bond motifs is 1.